The van der Waals surface area contributed by atoms with Crippen LogP contribution >= 0.6 is 23.4 Å². The summed E-state index contributed by atoms with van der Waals surface area (Å²) in [5, 5.41) is 0.561. The van der Waals surface area contributed by atoms with Crippen LogP contribution in [0.15, 0.2) is 18.2 Å². The average Bonchev–Trinajstić information content (AvgIpc) is 2.84. The fourth-order valence-electron chi connectivity index (χ4n) is 3.23. The zero-order chi connectivity index (χ0) is 14.1. The van der Waals surface area contributed by atoms with Crippen LogP contribution in [0.25, 0.3) is 11.0 Å². The van der Waals surface area contributed by atoms with E-state index in [1.807, 2.05) is 11.8 Å². The van der Waals surface area contributed by atoms with Crippen molar-refractivity contribution >= 4 is 34.4 Å². The molecular formula is C15H18ClFN2S. The van der Waals surface area contributed by atoms with Gasteiger partial charge in [-0.15, -0.1) is 11.6 Å². The number of imidazole rings is 1. The predicted octanol–water partition coefficient (Wildman–Crippen LogP) is 4.76. The van der Waals surface area contributed by atoms with E-state index in [1.165, 1.54) is 25.3 Å². The van der Waals surface area contributed by atoms with E-state index in [-0.39, 0.29) is 5.82 Å². The lowest BCUT2D eigenvalue weighted by molar-refractivity contribution is 0.366. The second-order valence-electron chi connectivity index (χ2n) is 5.29. The number of aromatic nitrogens is 2. The molecule has 2 atom stereocenters. The molecular weight excluding hydrogens is 295 g/mol. The highest BCUT2D eigenvalue weighted by molar-refractivity contribution is 7.99. The molecule has 2 unspecified atom stereocenters. The van der Waals surface area contributed by atoms with Crippen molar-refractivity contribution < 1.29 is 4.39 Å². The third-order valence-corrected chi connectivity index (χ3v) is 5.54. The predicted molar refractivity (Wildman–Crippen MR) is 84.1 cm³/mol. The first-order valence-corrected chi connectivity index (χ1v) is 8.82. The van der Waals surface area contributed by atoms with Gasteiger partial charge < -0.3 is 4.57 Å². The Morgan fingerprint density at radius 2 is 2.20 bits per heavy atom. The highest BCUT2D eigenvalue weighted by Gasteiger charge is 2.29. The van der Waals surface area contributed by atoms with Gasteiger partial charge in [0, 0.05) is 11.3 Å². The number of benzene rings is 1. The maximum absolute atomic E-state index is 13.6. The quantitative estimate of drug-likeness (QED) is 0.760. The molecule has 0 N–H and O–H groups in total. The van der Waals surface area contributed by atoms with Crippen molar-refractivity contribution in [1.29, 1.82) is 0 Å². The Morgan fingerprint density at radius 3 is 2.95 bits per heavy atom. The minimum absolute atomic E-state index is 0.212. The maximum atomic E-state index is 13.6. The Balaban J connectivity index is 2.14. The summed E-state index contributed by atoms with van der Waals surface area (Å²) in [5.41, 5.74) is 1.72. The third-order valence-electron chi connectivity index (χ3n) is 4.15. The Labute approximate surface area is 127 Å². The molecule has 1 fully saturated rings. The topological polar surface area (TPSA) is 17.8 Å². The molecule has 0 aliphatic heterocycles. The summed E-state index contributed by atoms with van der Waals surface area (Å²) < 4.78 is 15.8. The molecule has 0 amide bonds. The Morgan fingerprint density at radius 1 is 1.40 bits per heavy atom. The van der Waals surface area contributed by atoms with Crippen LogP contribution in [0, 0.1) is 5.82 Å². The van der Waals surface area contributed by atoms with Crippen molar-refractivity contribution in [2.45, 2.75) is 42.9 Å². The summed E-state index contributed by atoms with van der Waals surface area (Å²) in [5.74, 6) is 1.02. The van der Waals surface area contributed by atoms with Crippen LogP contribution in [-0.4, -0.2) is 21.1 Å². The number of halogens is 2. The van der Waals surface area contributed by atoms with E-state index in [0.29, 0.717) is 17.2 Å². The Hall–Kier alpha value is -0.740. The van der Waals surface area contributed by atoms with Gasteiger partial charge in [-0.1, -0.05) is 12.8 Å². The Bertz CT molecular complexity index is 613. The van der Waals surface area contributed by atoms with Crippen molar-refractivity contribution in [2.75, 3.05) is 6.26 Å². The largest absolute Gasteiger partial charge is 0.323 e. The van der Waals surface area contributed by atoms with Crippen molar-refractivity contribution in [1.82, 2.24) is 9.55 Å². The van der Waals surface area contributed by atoms with Gasteiger partial charge in [0.25, 0.3) is 0 Å². The molecule has 5 heteroatoms. The number of hydrogen-bond acceptors (Lipinski definition) is 2. The van der Waals surface area contributed by atoms with Crippen molar-refractivity contribution in [2.24, 2.45) is 0 Å². The smallest absolute Gasteiger partial charge is 0.125 e. The van der Waals surface area contributed by atoms with Crippen molar-refractivity contribution in [3.05, 3.63) is 29.8 Å². The standard InChI is InChI=1S/C15H18ClFN2S/c1-20-14-5-3-2-4-12(14)19-13-8-10(17)6-7-11(13)18-15(19)9-16/h6-8,12,14H,2-5,9H2,1H3. The van der Waals surface area contributed by atoms with Gasteiger partial charge in [0.2, 0.25) is 0 Å². The number of thioether (sulfide) groups is 1. The minimum Gasteiger partial charge on any atom is -0.323 e. The monoisotopic (exact) mass is 312 g/mol. The highest BCUT2D eigenvalue weighted by atomic mass is 35.5. The second kappa shape index (κ2) is 5.94. The van der Waals surface area contributed by atoms with E-state index in [4.69, 9.17) is 11.6 Å². The number of fused-ring (bicyclic) bond motifs is 1. The summed E-state index contributed by atoms with van der Waals surface area (Å²) in [6, 6.07) is 5.17. The first kappa shape index (κ1) is 14.2. The molecule has 3 rings (SSSR count). The van der Waals surface area contributed by atoms with Gasteiger partial charge in [-0.25, -0.2) is 9.37 Å². The molecule has 0 saturated heterocycles. The van der Waals surface area contributed by atoms with E-state index in [0.717, 1.165) is 23.3 Å². The van der Waals surface area contributed by atoms with Crippen LogP contribution in [0.1, 0.15) is 37.5 Å². The number of rotatable bonds is 3. The molecule has 1 aliphatic carbocycles. The van der Waals surface area contributed by atoms with Gasteiger partial charge in [0.15, 0.2) is 0 Å². The second-order valence-corrected chi connectivity index (χ2v) is 6.63. The number of hydrogen-bond donors (Lipinski definition) is 0. The third kappa shape index (κ3) is 2.44. The summed E-state index contributed by atoms with van der Waals surface area (Å²) in [4.78, 5) is 4.57. The van der Waals surface area contributed by atoms with Gasteiger partial charge in [-0.05, 0) is 37.3 Å². The van der Waals surface area contributed by atoms with E-state index in [2.05, 4.69) is 15.8 Å². The average molecular weight is 313 g/mol. The zero-order valence-electron chi connectivity index (χ0n) is 11.5. The minimum atomic E-state index is -0.212. The molecule has 1 aliphatic rings. The van der Waals surface area contributed by atoms with Gasteiger partial charge in [0.05, 0.1) is 16.9 Å². The molecule has 2 nitrogen and oxygen atoms in total. The van der Waals surface area contributed by atoms with Crippen molar-refractivity contribution in [3.63, 3.8) is 0 Å². The van der Waals surface area contributed by atoms with Gasteiger partial charge in [-0.2, -0.15) is 11.8 Å². The van der Waals surface area contributed by atoms with E-state index < -0.39 is 0 Å². The molecule has 20 heavy (non-hydrogen) atoms. The summed E-state index contributed by atoms with van der Waals surface area (Å²) in [6.07, 6.45) is 6.99. The molecule has 0 bridgehead atoms. The number of nitrogens with zero attached hydrogens (tertiary/aromatic N) is 2. The molecule has 1 heterocycles. The fourth-order valence-corrected chi connectivity index (χ4v) is 4.39. The van der Waals surface area contributed by atoms with Crippen LogP contribution < -0.4 is 0 Å². The lowest BCUT2D eigenvalue weighted by Gasteiger charge is -2.32. The zero-order valence-corrected chi connectivity index (χ0v) is 13.1. The number of alkyl halides is 1. The van der Waals surface area contributed by atoms with Crippen LogP contribution in [0.3, 0.4) is 0 Å². The molecule has 1 aromatic carbocycles. The van der Waals surface area contributed by atoms with E-state index in [1.54, 1.807) is 12.1 Å². The van der Waals surface area contributed by atoms with Crippen LogP contribution in [0.4, 0.5) is 4.39 Å². The van der Waals surface area contributed by atoms with E-state index >= 15 is 0 Å². The van der Waals surface area contributed by atoms with Gasteiger partial charge in [0.1, 0.15) is 11.6 Å². The molecule has 108 valence electrons. The molecule has 0 spiro atoms. The highest BCUT2D eigenvalue weighted by Crippen LogP contribution is 2.38. The summed E-state index contributed by atoms with van der Waals surface area (Å²) in [7, 11) is 0. The normalized spacial score (nSPS) is 23.4. The van der Waals surface area contributed by atoms with Crippen LogP contribution in [-0.2, 0) is 5.88 Å². The van der Waals surface area contributed by atoms with Crippen LogP contribution in [0.5, 0.6) is 0 Å². The molecule has 2 aromatic rings. The molecule has 0 radical (unpaired) electrons. The van der Waals surface area contributed by atoms with Gasteiger partial charge in [-0.3, -0.25) is 0 Å². The van der Waals surface area contributed by atoms with Gasteiger partial charge >= 0.3 is 0 Å². The lowest BCUT2D eigenvalue weighted by Crippen LogP contribution is -2.26. The molecule has 1 saturated carbocycles. The lowest BCUT2D eigenvalue weighted by atomic mass is 9.94. The first-order valence-electron chi connectivity index (χ1n) is 6.99. The maximum Gasteiger partial charge on any atom is 0.125 e. The van der Waals surface area contributed by atoms with Crippen LogP contribution in [0.2, 0.25) is 0 Å². The first-order chi connectivity index (χ1) is 9.74. The Kier molecular flexibility index (Phi) is 4.22. The summed E-state index contributed by atoms with van der Waals surface area (Å²) >= 11 is 7.97. The summed E-state index contributed by atoms with van der Waals surface area (Å²) in [6.45, 7) is 0. The SMILES string of the molecule is CSC1CCCCC1n1c(CCl)nc2ccc(F)cc21. The fraction of sp³-hybridized carbons (Fsp3) is 0.533. The van der Waals surface area contributed by atoms with E-state index in [9.17, 15) is 4.39 Å². The van der Waals surface area contributed by atoms with Crippen molar-refractivity contribution in [3.8, 4) is 0 Å². The molecule has 1 aromatic heterocycles.